The first-order chi connectivity index (χ1) is 10.7. The molecular weight excluding hydrogens is 351 g/mol. The number of nitro benzene ring substituents is 1. The molecule has 0 aromatic heterocycles. The average molecular weight is 361 g/mol. The number of sulfonamides is 1. The Morgan fingerprint density at radius 2 is 1.96 bits per heavy atom. The number of rotatable bonds is 5. The van der Waals surface area contributed by atoms with Gasteiger partial charge in [-0.2, -0.15) is 0 Å². The quantitative estimate of drug-likeness (QED) is 0.652. The third-order valence-corrected chi connectivity index (χ3v) is 4.53. The fourth-order valence-electron chi connectivity index (χ4n) is 1.74. The van der Waals surface area contributed by atoms with Gasteiger partial charge in [0.25, 0.3) is 15.7 Å². The second-order valence-electron chi connectivity index (χ2n) is 4.33. The molecule has 0 aliphatic heterocycles. The minimum absolute atomic E-state index is 0.0462. The number of anilines is 1. The minimum atomic E-state index is -4.14. The van der Waals surface area contributed by atoms with Gasteiger partial charge in [0.2, 0.25) is 0 Å². The minimum Gasteiger partial charge on any atom is -0.494 e. The van der Waals surface area contributed by atoms with E-state index in [-0.39, 0.29) is 21.4 Å². The smallest absolute Gasteiger partial charge is 0.289 e. The number of ether oxygens (including phenoxy) is 1. The van der Waals surface area contributed by atoms with Crippen LogP contribution >= 0.6 is 11.6 Å². The number of halogens is 2. The Bertz CT molecular complexity index is 873. The molecule has 0 radical (unpaired) electrons. The van der Waals surface area contributed by atoms with Gasteiger partial charge in [-0.05, 0) is 24.3 Å². The topological polar surface area (TPSA) is 98.5 Å². The van der Waals surface area contributed by atoms with Gasteiger partial charge in [-0.3, -0.25) is 14.8 Å². The van der Waals surface area contributed by atoms with E-state index < -0.39 is 26.5 Å². The first-order valence-corrected chi connectivity index (χ1v) is 7.91. The first kappa shape index (κ1) is 17.0. The summed E-state index contributed by atoms with van der Waals surface area (Å²) in [6.45, 7) is 0. The summed E-state index contributed by atoms with van der Waals surface area (Å²) < 4.78 is 44.9. The first-order valence-electron chi connectivity index (χ1n) is 6.05. The standard InChI is InChI=1S/C13H10ClFN2O5S/c1-22-13-5-2-8(6-11(13)15)16-23(20,21)9-3-4-10(14)12(7-9)17(18)19/h2-7,16H,1H3. The lowest BCUT2D eigenvalue weighted by molar-refractivity contribution is -0.384. The van der Waals surface area contributed by atoms with Crippen molar-refractivity contribution in [3.05, 3.63) is 57.4 Å². The third-order valence-electron chi connectivity index (χ3n) is 2.83. The highest BCUT2D eigenvalue weighted by atomic mass is 35.5. The second kappa shape index (κ2) is 6.39. The van der Waals surface area contributed by atoms with E-state index in [9.17, 15) is 22.9 Å². The van der Waals surface area contributed by atoms with E-state index in [1.807, 2.05) is 0 Å². The Morgan fingerprint density at radius 1 is 1.26 bits per heavy atom. The summed E-state index contributed by atoms with van der Waals surface area (Å²) in [6.07, 6.45) is 0. The van der Waals surface area contributed by atoms with E-state index in [1.54, 1.807) is 0 Å². The molecule has 0 atom stereocenters. The molecule has 0 heterocycles. The van der Waals surface area contributed by atoms with Gasteiger partial charge in [0, 0.05) is 12.1 Å². The zero-order valence-electron chi connectivity index (χ0n) is 11.6. The Hall–Kier alpha value is -2.39. The van der Waals surface area contributed by atoms with Crippen LogP contribution in [0.3, 0.4) is 0 Å². The fraction of sp³-hybridized carbons (Fsp3) is 0.0769. The van der Waals surface area contributed by atoms with Gasteiger partial charge in [-0.15, -0.1) is 0 Å². The lowest BCUT2D eigenvalue weighted by Gasteiger charge is -2.09. The Kier molecular flexibility index (Phi) is 4.71. The number of nitrogens with zero attached hydrogens (tertiary/aromatic N) is 1. The van der Waals surface area contributed by atoms with Crippen LogP contribution in [0, 0.1) is 15.9 Å². The highest BCUT2D eigenvalue weighted by Crippen LogP contribution is 2.28. The van der Waals surface area contributed by atoms with E-state index in [1.165, 1.54) is 19.2 Å². The van der Waals surface area contributed by atoms with Crippen LogP contribution in [0.15, 0.2) is 41.3 Å². The maximum atomic E-state index is 13.6. The highest BCUT2D eigenvalue weighted by Gasteiger charge is 2.21. The summed E-state index contributed by atoms with van der Waals surface area (Å²) in [5.41, 5.74) is -0.601. The number of benzene rings is 2. The van der Waals surface area contributed by atoms with Gasteiger partial charge < -0.3 is 4.74 Å². The lowest BCUT2D eigenvalue weighted by Crippen LogP contribution is -2.13. The van der Waals surface area contributed by atoms with Crippen molar-refractivity contribution < 1.29 is 22.5 Å². The second-order valence-corrected chi connectivity index (χ2v) is 6.41. The van der Waals surface area contributed by atoms with E-state index in [2.05, 4.69) is 4.72 Å². The van der Waals surface area contributed by atoms with Crippen molar-refractivity contribution in [2.45, 2.75) is 4.90 Å². The lowest BCUT2D eigenvalue weighted by atomic mass is 10.3. The summed E-state index contributed by atoms with van der Waals surface area (Å²) in [6, 6.07) is 6.51. The normalized spacial score (nSPS) is 11.1. The van der Waals surface area contributed by atoms with Gasteiger partial charge in [0.05, 0.1) is 22.6 Å². The maximum Gasteiger partial charge on any atom is 0.289 e. The Labute approximate surface area is 135 Å². The van der Waals surface area contributed by atoms with Crippen LogP contribution in [0.1, 0.15) is 0 Å². The molecule has 0 bridgehead atoms. The van der Waals surface area contributed by atoms with Crippen LogP contribution in [-0.4, -0.2) is 20.5 Å². The molecule has 2 aromatic carbocycles. The largest absolute Gasteiger partial charge is 0.494 e. The molecule has 0 amide bonds. The van der Waals surface area contributed by atoms with Crippen LogP contribution in [0.5, 0.6) is 5.75 Å². The van der Waals surface area contributed by atoms with Gasteiger partial charge in [0.1, 0.15) is 5.02 Å². The van der Waals surface area contributed by atoms with E-state index in [0.29, 0.717) is 0 Å². The number of nitro groups is 1. The number of methoxy groups -OCH3 is 1. The fourth-order valence-corrected chi connectivity index (χ4v) is 3.00. The molecule has 7 nitrogen and oxygen atoms in total. The molecule has 2 rings (SSSR count). The molecule has 10 heteroatoms. The SMILES string of the molecule is COc1ccc(NS(=O)(=O)c2ccc(Cl)c([N+](=O)[O-])c2)cc1F. The number of hydrogen-bond acceptors (Lipinski definition) is 5. The predicted molar refractivity (Wildman–Crippen MR) is 81.9 cm³/mol. The monoisotopic (exact) mass is 360 g/mol. The molecule has 0 aliphatic rings. The van der Waals surface area contributed by atoms with Crippen LogP contribution in [0.2, 0.25) is 5.02 Å². The Morgan fingerprint density at radius 3 is 2.52 bits per heavy atom. The van der Waals surface area contributed by atoms with Gasteiger partial charge in [-0.1, -0.05) is 11.6 Å². The molecule has 1 N–H and O–H groups in total. The van der Waals surface area contributed by atoms with Crippen LogP contribution in [0.4, 0.5) is 15.8 Å². The van der Waals surface area contributed by atoms with Crippen molar-refractivity contribution in [2.24, 2.45) is 0 Å². The Balaban J connectivity index is 2.37. The van der Waals surface area contributed by atoms with Crippen LogP contribution in [0.25, 0.3) is 0 Å². The van der Waals surface area contributed by atoms with Gasteiger partial charge >= 0.3 is 0 Å². The number of nitrogens with one attached hydrogen (secondary N) is 1. The molecular formula is C13H10ClFN2O5S. The highest BCUT2D eigenvalue weighted by molar-refractivity contribution is 7.92. The molecule has 0 spiro atoms. The summed E-state index contributed by atoms with van der Waals surface area (Å²) >= 11 is 5.64. The van der Waals surface area contributed by atoms with Gasteiger partial charge in [-0.25, -0.2) is 12.8 Å². The molecule has 0 aliphatic carbocycles. The predicted octanol–water partition coefficient (Wildman–Crippen LogP) is 3.20. The molecule has 2 aromatic rings. The van der Waals surface area contributed by atoms with Crippen molar-refractivity contribution in [3.63, 3.8) is 0 Å². The van der Waals surface area contributed by atoms with E-state index >= 15 is 0 Å². The molecule has 0 saturated heterocycles. The zero-order valence-corrected chi connectivity index (χ0v) is 13.2. The number of hydrogen-bond donors (Lipinski definition) is 1. The van der Waals surface area contributed by atoms with E-state index in [4.69, 9.17) is 16.3 Å². The summed E-state index contributed by atoms with van der Waals surface area (Å²) in [7, 11) is -2.87. The van der Waals surface area contributed by atoms with Crippen molar-refractivity contribution in [1.29, 1.82) is 0 Å². The van der Waals surface area contributed by atoms with E-state index in [0.717, 1.165) is 24.3 Å². The summed E-state index contributed by atoms with van der Waals surface area (Å²) in [4.78, 5) is 9.65. The van der Waals surface area contributed by atoms with Gasteiger partial charge in [0.15, 0.2) is 11.6 Å². The van der Waals surface area contributed by atoms with Crippen molar-refractivity contribution in [3.8, 4) is 5.75 Å². The molecule has 0 unspecified atom stereocenters. The maximum absolute atomic E-state index is 13.6. The average Bonchev–Trinajstić information content (AvgIpc) is 2.47. The zero-order chi connectivity index (χ0) is 17.2. The third kappa shape index (κ3) is 3.69. The summed E-state index contributed by atoms with van der Waals surface area (Å²) in [5, 5.41) is 10.6. The molecule has 122 valence electrons. The van der Waals surface area contributed by atoms with Crippen molar-refractivity contribution in [1.82, 2.24) is 0 Å². The molecule has 0 saturated carbocycles. The van der Waals surface area contributed by atoms with Crippen LogP contribution in [-0.2, 0) is 10.0 Å². The summed E-state index contributed by atoms with van der Waals surface area (Å²) in [5.74, 6) is -0.801. The molecule has 0 fully saturated rings. The van der Waals surface area contributed by atoms with Crippen LogP contribution < -0.4 is 9.46 Å². The molecule has 23 heavy (non-hydrogen) atoms. The van der Waals surface area contributed by atoms with Crippen molar-refractivity contribution >= 4 is 33.0 Å². The van der Waals surface area contributed by atoms with Crippen molar-refractivity contribution in [2.75, 3.05) is 11.8 Å².